The summed E-state index contributed by atoms with van der Waals surface area (Å²) in [5.74, 6) is 0. The van der Waals surface area contributed by atoms with Crippen LogP contribution in [0.5, 0.6) is 0 Å². The first-order valence-corrected chi connectivity index (χ1v) is 12.1. The van der Waals surface area contributed by atoms with Gasteiger partial charge in [0.05, 0.1) is 17.8 Å². The second-order valence-electron chi connectivity index (χ2n) is 8.62. The van der Waals surface area contributed by atoms with E-state index in [4.69, 9.17) is 12.2 Å². The molecule has 1 saturated heterocycles. The van der Waals surface area contributed by atoms with E-state index in [-0.39, 0.29) is 12.1 Å². The van der Waals surface area contributed by atoms with E-state index in [9.17, 15) is 0 Å². The number of thiocarbonyl (C=S) groups is 1. The quantitative estimate of drug-likeness (QED) is 0.442. The van der Waals surface area contributed by atoms with Crippen LogP contribution in [0.2, 0.25) is 0 Å². The van der Waals surface area contributed by atoms with Crippen molar-refractivity contribution in [2.24, 2.45) is 0 Å². The van der Waals surface area contributed by atoms with Gasteiger partial charge in [0.2, 0.25) is 0 Å². The standard InChI is InChI=1S/C25H30BrN5S/c1-17-15-21(18(2)31(17)20-10-7-9-19(26)16-20)24-23(22-11-5-6-12-27-22)28-25(32)30(24)14-8-13-29(3)4/h5-7,9-12,15-16,23-24H,8,13-14H2,1-4H3,(H,28,32). The highest BCUT2D eigenvalue weighted by Gasteiger charge is 2.41. The number of pyridine rings is 1. The predicted molar refractivity (Wildman–Crippen MR) is 138 cm³/mol. The van der Waals surface area contributed by atoms with Crippen molar-refractivity contribution in [3.8, 4) is 5.69 Å². The zero-order valence-electron chi connectivity index (χ0n) is 19.0. The van der Waals surface area contributed by atoms with Crippen molar-refractivity contribution in [3.05, 3.63) is 81.8 Å². The first kappa shape index (κ1) is 23.0. The van der Waals surface area contributed by atoms with Gasteiger partial charge in [-0.2, -0.15) is 0 Å². The Balaban J connectivity index is 1.77. The van der Waals surface area contributed by atoms with Crippen LogP contribution in [-0.2, 0) is 0 Å². The number of benzene rings is 1. The van der Waals surface area contributed by atoms with Crippen LogP contribution < -0.4 is 5.32 Å². The monoisotopic (exact) mass is 511 g/mol. The second kappa shape index (κ2) is 9.73. The fraction of sp³-hybridized carbons (Fsp3) is 0.360. The topological polar surface area (TPSA) is 36.3 Å². The smallest absolute Gasteiger partial charge is 0.170 e. The highest BCUT2D eigenvalue weighted by molar-refractivity contribution is 9.10. The first-order valence-electron chi connectivity index (χ1n) is 10.9. The van der Waals surface area contributed by atoms with Gasteiger partial charge in [-0.05, 0) is 95.1 Å². The highest BCUT2D eigenvalue weighted by atomic mass is 79.9. The van der Waals surface area contributed by atoms with E-state index in [0.29, 0.717) is 0 Å². The lowest BCUT2D eigenvalue weighted by molar-refractivity contribution is 0.292. The molecule has 0 saturated carbocycles. The Kier molecular flexibility index (Phi) is 6.98. The number of halogens is 1. The minimum Gasteiger partial charge on any atom is -0.352 e. The Morgan fingerprint density at radius 3 is 2.62 bits per heavy atom. The molecule has 1 aliphatic heterocycles. The van der Waals surface area contributed by atoms with Crippen molar-refractivity contribution < 1.29 is 0 Å². The molecular weight excluding hydrogens is 482 g/mol. The molecule has 7 heteroatoms. The molecule has 1 aliphatic rings. The van der Waals surface area contributed by atoms with Gasteiger partial charge in [0.1, 0.15) is 0 Å². The number of aryl methyl sites for hydroxylation is 1. The molecule has 3 heterocycles. The van der Waals surface area contributed by atoms with Crippen LogP contribution in [-0.4, -0.2) is 51.6 Å². The summed E-state index contributed by atoms with van der Waals surface area (Å²) in [5.41, 5.74) is 5.90. The van der Waals surface area contributed by atoms with Gasteiger partial charge >= 0.3 is 0 Å². The van der Waals surface area contributed by atoms with Crippen molar-refractivity contribution in [2.75, 3.05) is 27.2 Å². The maximum absolute atomic E-state index is 5.83. The number of hydrogen-bond donors (Lipinski definition) is 1. The molecule has 0 bridgehead atoms. The summed E-state index contributed by atoms with van der Waals surface area (Å²) in [4.78, 5) is 9.24. The van der Waals surface area contributed by atoms with E-state index < -0.39 is 0 Å². The summed E-state index contributed by atoms with van der Waals surface area (Å²) in [6, 6.07) is 16.9. The van der Waals surface area contributed by atoms with Crippen molar-refractivity contribution >= 4 is 33.3 Å². The normalized spacial score (nSPS) is 18.4. The molecule has 2 atom stereocenters. The lowest BCUT2D eigenvalue weighted by Gasteiger charge is -2.28. The molecule has 168 valence electrons. The van der Waals surface area contributed by atoms with Gasteiger partial charge in [0, 0.05) is 34.3 Å². The largest absolute Gasteiger partial charge is 0.352 e. The number of nitrogens with zero attached hydrogens (tertiary/aromatic N) is 4. The lowest BCUT2D eigenvalue weighted by atomic mass is 9.96. The minimum absolute atomic E-state index is 0.0134. The summed E-state index contributed by atoms with van der Waals surface area (Å²) < 4.78 is 3.40. The van der Waals surface area contributed by atoms with Crippen molar-refractivity contribution in [3.63, 3.8) is 0 Å². The van der Waals surface area contributed by atoms with Crippen molar-refractivity contribution in [2.45, 2.75) is 32.4 Å². The van der Waals surface area contributed by atoms with Crippen LogP contribution in [0.15, 0.2) is 59.2 Å². The Hall–Kier alpha value is -2.22. The fourth-order valence-corrected chi connectivity index (χ4v) is 5.36. The third-order valence-electron chi connectivity index (χ3n) is 6.06. The maximum atomic E-state index is 5.83. The van der Waals surface area contributed by atoms with Crippen LogP contribution in [0, 0.1) is 13.8 Å². The van der Waals surface area contributed by atoms with Crippen LogP contribution in [0.1, 0.15) is 41.1 Å². The molecule has 1 aromatic carbocycles. The van der Waals surface area contributed by atoms with Crippen LogP contribution in [0.3, 0.4) is 0 Å². The molecule has 0 amide bonds. The Labute approximate surface area is 204 Å². The average molecular weight is 513 g/mol. The molecular formula is C25H30BrN5S. The Morgan fingerprint density at radius 2 is 1.94 bits per heavy atom. The summed E-state index contributed by atoms with van der Waals surface area (Å²) in [6.45, 7) is 6.30. The van der Waals surface area contributed by atoms with E-state index in [2.05, 4.69) is 105 Å². The molecule has 1 N–H and O–H groups in total. The number of hydrogen-bond acceptors (Lipinski definition) is 3. The Bertz CT molecular complexity index is 1090. The van der Waals surface area contributed by atoms with Gasteiger partial charge in [-0.1, -0.05) is 28.1 Å². The zero-order chi connectivity index (χ0) is 22.8. The van der Waals surface area contributed by atoms with Gasteiger partial charge in [-0.25, -0.2) is 0 Å². The molecule has 32 heavy (non-hydrogen) atoms. The number of rotatable bonds is 7. The van der Waals surface area contributed by atoms with Crippen molar-refractivity contribution in [1.29, 1.82) is 0 Å². The SMILES string of the molecule is Cc1cc(C2C(c3ccccn3)NC(=S)N2CCCN(C)C)c(C)n1-c1cccc(Br)c1. The average Bonchev–Trinajstić information content (AvgIpc) is 3.24. The summed E-state index contributed by atoms with van der Waals surface area (Å²) in [6.07, 6.45) is 2.90. The third kappa shape index (κ3) is 4.60. The highest BCUT2D eigenvalue weighted by Crippen LogP contribution is 2.41. The summed E-state index contributed by atoms with van der Waals surface area (Å²) in [7, 11) is 4.22. The van der Waals surface area contributed by atoms with Crippen molar-refractivity contribution in [1.82, 2.24) is 24.7 Å². The number of aromatic nitrogens is 2. The van der Waals surface area contributed by atoms with E-state index in [1.807, 2.05) is 18.3 Å². The molecule has 0 aliphatic carbocycles. The zero-order valence-corrected chi connectivity index (χ0v) is 21.4. The molecule has 1 fully saturated rings. The molecule has 4 rings (SSSR count). The molecule has 0 spiro atoms. The predicted octanol–water partition coefficient (Wildman–Crippen LogP) is 5.18. The van der Waals surface area contributed by atoms with E-state index in [1.165, 1.54) is 17.0 Å². The van der Waals surface area contributed by atoms with Gasteiger partial charge in [0.25, 0.3) is 0 Å². The van der Waals surface area contributed by atoms with E-state index in [1.54, 1.807) is 0 Å². The summed E-state index contributed by atoms with van der Waals surface area (Å²) >= 11 is 9.45. The van der Waals surface area contributed by atoms with Crippen LogP contribution in [0.4, 0.5) is 0 Å². The van der Waals surface area contributed by atoms with Gasteiger partial charge in [-0.15, -0.1) is 0 Å². The van der Waals surface area contributed by atoms with Gasteiger partial charge < -0.3 is 19.7 Å². The van der Waals surface area contributed by atoms with Crippen LogP contribution >= 0.6 is 28.1 Å². The molecule has 3 aromatic rings. The number of nitrogens with one attached hydrogen (secondary N) is 1. The minimum atomic E-state index is 0.0134. The van der Waals surface area contributed by atoms with Gasteiger partial charge in [-0.3, -0.25) is 4.98 Å². The van der Waals surface area contributed by atoms with E-state index >= 15 is 0 Å². The fourth-order valence-electron chi connectivity index (χ4n) is 4.64. The second-order valence-corrected chi connectivity index (χ2v) is 9.92. The summed E-state index contributed by atoms with van der Waals surface area (Å²) in [5, 5.41) is 4.38. The molecule has 5 nitrogen and oxygen atoms in total. The molecule has 2 unspecified atom stereocenters. The van der Waals surface area contributed by atoms with Gasteiger partial charge in [0.15, 0.2) is 5.11 Å². The molecule has 2 aromatic heterocycles. The van der Waals surface area contributed by atoms with Crippen LogP contribution in [0.25, 0.3) is 5.69 Å². The third-order valence-corrected chi connectivity index (χ3v) is 6.90. The van der Waals surface area contributed by atoms with E-state index in [0.717, 1.165) is 40.5 Å². The first-order chi connectivity index (χ1) is 15.4. The lowest BCUT2D eigenvalue weighted by Crippen LogP contribution is -2.32. The Morgan fingerprint density at radius 1 is 1.12 bits per heavy atom. The maximum Gasteiger partial charge on any atom is 0.170 e. The molecule has 0 radical (unpaired) electrons.